The smallest absolute Gasteiger partial charge is 0.262 e. The molecule has 0 aliphatic carbocycles. The first kappa shape index (κ1) is 21.0. The van der Waals surface area contributed by atoms with E-state index in [4.69, 9.17) is 16.1 Å². The van der Waals surface area contributed by atoms with Gasteiger partial charge in [0.25, 0.3) is 5.91 Å². The highest BCUT2D eigenvalue weighted by atomic mass is 35.5. The lowest BCUT2D eigenvalue weighted by Gasteiger charge is -2.16. The fourth-order valence-corrected chi connectivity index (χ4v) is 3.84. The van der Waals surface area contributed by atoms with Crippen molar-refractivity contribution in [3.63, 3.8) is 0 Å². The number of nitrogens with zero attached hydrogens (tertiary/aromatic N) is 7. The second-order valence-corrected chi connectivity index (χ2v) is 8.08. The Kier molecular flexibility index (Phi) is 5.06. The van der Waals surface area contributed by atoms with Gasteiger partial charge in [-0.1, -0.05) is 22.8 Å². The molecule has 4 aromatic rings. The molecule has 1 aliphatic rings. The van der Waals surface area contributed by atoms with E-state index in [0.717, 1.165) is 0 Å². The minimum absolute atomic E-state index is 0.0981. The van der Waals surface area contributed by atoms with Gasteiger partial charge in [-0.25, -0.2) is 15.0 Å². The van der Waals surface area contributed by atoms with Crippen molar-refractivity contribution in [3.8, 4) is 22.8 Å². The number of rotatable bonds is 5. The Labute approximate surface area is 193 Å². The number of aryl methyl sites for hydroxylation is 1. The van der Waals surface area contributed by atoms with Crippen molar-refractivity contribution in [2.75, 3.05) is 18.9 Å². The number of halogens is 1. The molecule has 0 radical (unpaired) electrons. The number of carbonyl (C=O) groups is 1. The minimum Gasteiger partial charge on any atom is -0.373 e. The molecule has 1 amide bonds. The maximum Gasteiger partial charge on any atom is 0.262 e. The van der Waals surface area contributed by atoms with Crippen LogP contribution in [0.5, 0.6) is 0 Å². The minimum atomic E-state index is -1.71. The van der Waals surface area contributed by atoms with E-state index in [-0.39, 0.29) is 12.2 Å². The van der Waals surface area contributed by atoms with Gasteiger partial charge < -0.3 is 19.8 Å². The maximum absolute atomic E-state index is 12.3. The van der Waals surface area contributed by atoms with Crippen LogP contribution in [0.15, 0.2) is 47.2 Å². The van der Waals surface area contributed by atoms with E-state index >= 15 is 0 Å². The molecular formula is C21H19ClN8O3. The number of anilines is 2. The van der Waals surface area contributed by atoms with Gasteiger partial charge >= 0.3 is 0 Å². The Morgan fingerprint density at radius 1 is 1.15 bits per heavy atom. The third kappa shape index (κ3) is 3.81. The lowest BCUT2D eigenvalue weighted by molar-refractivity contribution is -0.144. The summed E-state index contributed by atoms with van der Waals surface area (Å²) in [6.07, 6.45) is 3.57. The molecular weight excluding hydrogens is 448 g/mol. The van der Waals surface area contributed by atoms with Gasteiger partial charge in [0, 0.05) is 45.5 Å². The molecule has 1 fully saturated rings. The molecule has 1 saturated heterocycles. The predicted octanol–water partition coefficient (Wildman–Crippen LogP) is 2.37. The van der Waals surface area contributed by atoms with Crippen LogP contribution in [-0.2, 0) is 17.4 Å². The third-order valence-electron chi connectivity index (χ3n) is 5.39. The first-order valence-corrected chi connectivity index (χ1v) is 10.4. The maximum atomic E-state index is 12.3. The standard InChI is InChI=1S/C21H19ClN8O3/c1-29-9-7-21(32,19(29)31)17-10-15(28-33-17)13-5-3-4-12(24-13)14-6-8-23-20(25-14)26-16-11-30(2)27-18(16)22/h3-6,8,10-11,32H,7,9H2,1-2H3,(H,23,25,26). The van der Waals surface area contributed by atoms with Crippen LogP contribution >= 0.6 is 11.6 Å². The monoisotopic (exact) mass is 466 g/mol. The molecule has 11 nitrogen and oxygen atoms in total. The predicted molar refractivity (Wildman–Crippen MR) is 118 cm³/mol. The van der Waals surface area contributed by atoms with Crippen molar-refractivity contribution in [1.29, 1.82) is 0 Å². The number of amides is 1. The van der Waals surface area contributed by atoms with Gasteiger partial charge in [-0.15, -0.1) is 0 Å². The molecule has 0 bridgehead atoms. The lowest BCUT2D eigenvalue weighted by atomic mass is 9.98. The van der Waals surface area contributed by atoms with Crippen LogP contribution in [0.2, 0.25) is 5.15 Å². The zero-order chi connectivity index (χ0) is 23.2. The summed E-state index contributed by atoms with van der Waals surface area (Å²) in [6, 6.07) is 8.64. The molecule has 12 heteroatoms. The van der Waals surface area contributed by atoms with Crippen LogP contribution < -0.4 is 5.32 Å². The van der Waals surface area contributed by atoms with Crippen LogP contribution in [0, 0.1) is 0 Å². The van der Waals surface area contributed by atoms with Crippen molar-refractivity contribution in [2.45, 2.75) is 12.0 Å². The van der Waals surface area contributed by atoms with E-state index in [1.807, 2.05) is 6.07 Å². The third-order valence-corrected chi connectivity index (χ3v) is 5.67. The number of aliphatic hydroxyl groups is 1. The SMILES string of the molecule is CN1CCC(O)(c2cc(-c3cccc(-c4ccnc(Nc5cn(C)nc5Cl)n4)n3)no2)C1=O. The van der Waals surface area contributed by atoms with Gasteiger partial charge in [0.2, 0.25) is 11.5 Å². The lowest BCUT2D eigenvalue weighted by Crippen LogP contribution is -2.35. The van der Waals surface area contributed by atoms with E-state index < -0.39 is 11.5 Å². The van der Waals surface area contributed by atoms with E-state index in [1.54, 1.807) is 55.4 Å². The molecule has 1 unspecified atom stereocenters. The van der Waals surface area contributed by atoms with Crippen molar-refractivity contribution in [3.05, 3.63) is 53.6 Å². The van der Waals surface area contributed by atoms with Crippen molar-refractivity contribution in [2.24, 2.45) is 7.05 Å². The largest absolute Gasteiger partial charge is 0.373 e. The van der Waals surface area contributed by atoms with Gasteiger partial charge in [-0.2, -0.15) is 5.10 Å². The number of aromatic nitrogens is 6. The Balaban J connectivity index is 1.42. The molecule has 168 valence electrons. The number of nitrogens with one attached hydrogen (secondary N) is 1. The Morgan fingerprint density at radius 3 is 2.61 bits per heavy atom. The van der Waals surface area contributed by atoms with Crippen LogP contribution in [0.25, 0.3) is 22.8 Å². The highest BCUT2D eigenvalue weighted by molar-refractivity contribution is 6.32. The normalized spacial score (nSPS) is 18.2. The summed E-state index contributed by atoms with van der Waals surface area (Å²) in [6.45, 7) is 0.438. The zero-order valence-electron chi connectivity index (χ0n) is 17.7. The van der Waals surface area contributed by atoms with Gasteiger partial charge in [0.1, 0.15) is 5.69 Å². The average Bonchev–Trinajstić information content (AvgIpc) is 3.50. The molecule has 0 spiro atoms. The van der Waals surface area contributed by atoms with Gasteiger partial charge in [-0.3, -0.25) is 9.48 Å². The summed E-state index contributed by atoms with van der Waals surface area (Å²) >= 11 is 6.10. The van der Waals surface area contributed by atoms with Crippen molar-refractivity contribution < 1.29 is 14.4 Å². The zero-order valence-corrected chi connectivity index (χ0v) is 18.5. The van der Waals surface area contributed by atoms with E-state index in [1.165, 1.54) is 4.90 Å². The number of hydrogen-bond acceptors (Lipinski definition) is 9. The number of likely N-dealkylation sites (tertiary alicyclic amines) is 1. The van der Waals surface area contributed by atoms with Gasteiger partial charge in [0.05, 0.1) is 22.8 Å². The molecule has 2 N–H and O–H groups in total. The van der Waals surface area contributed by atoms with Crippen LogP contribution in [0.4, 0.5) is 11.6 Å². The fourth-order valence-electron chi connectivity index (χ4n) is 3.62. The van der Waals surface area contributed by atoms with Gasteiger partial charge in [-0.05, 0) is 18.2 Å². The van der Waals surface area contributed by atoms with E-state index in [2.05, 4.69) is 30.5 Å². The summed E-state index contributed by atoms with van der Waals surface area (Å²) in [5, 5.41) is 22.2. The number of carbonyl (C=O) groups excluding carboxylic acids is 1. The van der Waals surface area contributed by atoms with Crippen LogP contribution in [0.3, 0.4) is 0 Å². The second-order valence-electron chi connectivity index (χ2n) is 7.72. The first-order chi connectivity index (χ1) is 15.8. The molecule has 5 rings (SSSR count). The summed E-state index contributed by atoms with van der Waals surface area (Å²) in [4.78, 5) is 27.1. The van der Waals surface area contributed by atoms with Crippen LogP contribution in [0.1, 0.15) is 12.2 Å². The molecule has 0 saturated carbocycles. The summed E-state index contributed by atoms with van der Waals surface area (Å²) < 4.78 is 6.91. The molecule has 1 aliphatic heterocycles. The molecule has 4 aromatic heterocycles. The van der Waals surface area contributed by atoms with Crippen molar-refractivity contribution >= 4 is 29.1 Å². The van der Waals surface area contributed by atoms with E-state index in [0.29, 0.717) is 46.1 Å². The Bertz CT molecular complexity index is 1350. The Hall–Kier alpha value is -3.83. The highest BCUT2D eigenvalue weighted by Crippen LogP contribution is 2.34. The molecule has 1 atom stereocenters. The molecule has 0 aromatic carbocycles. The summed E-state index contributed by atoms with van der Waals surface area (Å²) in [5.74, 6) is 0.0204. The van der Waals surface area contributed by atoms with Crippen LogP contribution in [-0.4, -0.2) is 59.4 Å². The van der Waals surface area contributed by atoms with Gasteiger partial charge in [0.15, 0.2) is 10.9 Å². The molecule has 5 heterocycles. The number of hydrogen-bond donors (Lipinski definition) is 2. The number of likely N-dealkylation sites (N-methyl/N-ethyl adjacent to an activating group) is 1. The highest BCUT2D eigenvalue weighted by Gasteiger charge is 2.48. The second kappa shape index (κ2) is 7.94. The average molecular weight is 467 g/mol. The number of pyridine rings is 1. The summed E-state index contributed by atoms with van der Waals surface area (Å²) in [7, 11) is 3.40. The van der Waals surface area contributed by atoms with Crippen molar-refractivity contribution in [1.82, 2.24) is 34.8 Å². The Morgan fingerprint density at radius 2 is 1.91 bits per heavy atom. The first-order valence-electron chi connectivity index (χ1n) is 10.1. The summed E-state index contributed by atoms with van der Waals surface area (Å²) in [5.41, 5.74) is 0.932. The molecule has 33 heavy (non-hydrogen) atoms. The fraction of sp³-hybridized carbons (Fsp3) is 0.238. The quantitative estimate of drug-likeness (QED) is 0.454. The topological polar surface area (TPSA) is 135 Å². The van der Waals surface area contributed by atoms with E-state index in [9.17, 15) is 9.90 Å².